The molecule has 0 aliphatic heterocycles. The van der Waals surface area contributed by atoms with Gasteiger partial charge >= 0.3 is 0 Å². The van der Waals surface area contributed by atoms with E-state index in [1.807, 2.05) is 24.3 Å². The van der Waals surface area contributed by atoms with E-state index in [1.165, 1.54) is 24.3 Å². The summed E-state index contributed by atoms with van der Waals surface area (Å²) in [5.74, 6) is -1.63. The third kappa shape index (κ3) is 5.23. The van der Waals surface area contributed by atoms with E-state index in [-0.39, 0.29) is 5.56 Å². The Morgan fingerprint density at radius 2 is 1.71 bits per heavy atom. The molecule has 0 saturated carbocycles. The zero-order chi connectivity index (χ0) is 19.9. The molecule has 0 unspecified atom stereocenters. The van der Waals surface area contributed by atoms with Gasteiger partial charge in [0, 0.05) is 14.8 Å². The first-order valence-electron chi connectivity index (χ1n) is 8.28. The molecule has 28 heavy (non-hydrogen) atoms. The van der Waals surface area contributed by atoms with Crippen molar-refractivity contribution >= 4 is 46.3 Å². The lowest BCUT2D eigenvalue weighted by Crippen LogP contribution is -2.18. The number of anilines is 1. The van der Waals surface area contributed by atoms with Crippen molar-refractivity contribution in [1.82, 2.24) is 5.43 Å². The van der Waals surface area contributed by atoms with E-state index in [9.17, 15) is 14.0 Å². The van der Waals surface area contributed by atoms with Crippen molar-refractivity contribution in [3.8, 4) is 0 Å². The number of carbonyl (C=O) groups is 2. The zero-order valence-electron chi connectivity index (χ0n) is 14.5. The van der Waals surface area contributed by atoms with Gasteiger partial charge < -0.3 is 5.32 Å². The molecule has 7 heteroatoms. The fourth-order valence-corrected chi connectivity index (χ4v) is 2.97. The average Bonchev–Trinajstić information content (AvgIpc) is 2.68. The maximum atomic E-state index is 13.7. The van der Waals surface area contributed by atoms with Gasteiger partial charge in [-0.2, -0.15) is 5.10 Å². The van der Waals surface area contributed by atoms with Gasteiger partial charge in [-0.25, -0.2) is 9.82 Å². The smallest absolute Gasteiger partial charge is 0.271 e. The Morgan fingerprint density at radius 3 is 2.50 bits per heavy atom. The number of benzene rings is 3. The van der Waals surface area contributed by atoms with Gasteiger partial charge in [-0.15, -0.1) is 0 Å². The number of carbonyl (C=O) groups excluding carboxylic acids is 2. The third-order valence-corrected chi connectivity index (χ3v) is 4.40. The molecule has 0 fully saturated rings. The normalized spacial score (nSPS) is 10.6. The number of amides is 2. The first kappa shape index (κ1) is 19.7. The molecular weight excluding hydrogens is 472 g/mol. The van der Waals surface area contributed by atoms with Crippen LogP contribution in [-0.2, 0) is 0 Å². The van der Waals surface area contributed by atoms with Gasteiger partial charge in [-0.1, -0.05) is 30.3 Å². The molecule has 0 heterocycles. The Morgan fingerprint density at radius 1 is 0.929 bits per heavy atom. The maximum Gasteiger partial charge on any atom is 0.271 e. The van der Waals surface area contributed by atoms with Gasteiger partial charge in [0.25, 0.3) is 11.8 Å². The lowest BCUT2D eigenvalue weighted by atomic mass is 10.1. The van der Waals surface area contributed by atoms with E-state index in [1.54, 1.807) is 30.5 Å². The number of nitrogens with zero attached hydrogens (tertiary/aromatic N) is 1. The standard InChI is InChI=1S/C21H15FIN3O2/c22-19-10-2-1-9-18(19)21(28)25-17-8-4-6-15(12-17)20(27)26-24-13-14-5-3-7-16(23)11-14/h1-13H,(H,25,28)(H,26,27). The minimum absolute atomic E-state index is 0.0700. The summed E-state index contributed by atoms with van der Waals surface area (Å²) in [6.45, 7) is 0. The van der Waals surface area contributed by atoms with Crippen molar-refractivity contribution in [3.05, 3.63) is 98.9 Å². The molecule has 3 aromatic rings. The SMILES string of the molecule is O=C(NN=Cc1cccc(I)c1)c1cccc(NC(=O)c2ccccc2F)c1. The quantitative estimate of drug-likeness (QED) is 0.317. The van der Waals surface area contributed by atoms with Crippen LogP contribution >= 0.6 is 22.6 Å². The number of rotatable bonds is 5. The van der Waals surface area contributed by atoms with E-state index in [0.717, 1.165) is 9.13 Å². The molecule has 0 aromatic heterocycles. The van der Waals surface area contributed by atoms with Gasteiger partial charge in [0.15, 0.2) is 0 Å². The molecule has 0 radical (unpaired) electrons. The summed E-state index contributed by atoms with van der Waals surface area (Å²) in [7, 11) is 0. The fourth-order valence-electron chi connectivity index (χ4n) is 2.40. The summed E-state index contributed by atoms with van der Waals surface area (Å²) in [6.07, 6.45) is 1.55. The number of hydrazone groups is 1. The molecule has 5 nitrogen and oxygen atoms in total. The predicted molar refractivity (Wildman–Crippen MR) is 115 cm³/mol. The molecule has 0 bridgehead atoms. The van der Waals surface area contributed by atoms with Gasteiger partial charge in [-0.3, -0.25) is 9.59 Å². The summed E-state index contributed by atoms with van der Waals surface area (Å²) in [5.41, 5.74) is 3.92. The second-order valence-electron chi connectivity index (χ2n) is 5.77. The molecule has 3 aromatic carbocycles. The highest BCUT2D eigenvalue weighted by Crippen LogP contribution is 2.14. The molecule has 0 atom stereocenters. The number of halogens is 2. The molecule has 3 rings (SSSR count). The second kappa shape index (κ2) is 9.23. The number of nitrogens with one attached hydrogen (secondary N) is 2. The van der Waals surface area contributed by atoms with E-state index >= 15 is 0 Å². The number of hydrogen-bond acceptors (Lipinski definition) is 3. The Bertz CT molecular complexity index is 1050. The minimum Gasteiger partial charge on any atom is -0.322 e. The topological polar surface area (TPSA) is 70.6 Å². The largest absolute Gasteiger partial charge is 0.322 e. The van der Waals surface area contributed by atoms with Crippen molar-refractivity contribution in [2.75, 3.05) is 5.32 Å². The second-order valence-corrected chi connectivity index (χ2v) is 7.01. The van der Waals surface area contributed by atoms with Crippen LogP contribution in [0.5, 0.6) is 0 Å². The monoisotopic (exact) mass is 487 g/mol. The molecule has 0 saturated heterocycles. The van der Waals surface area contributed by atoms with E-state index in [2.05, 4.69) is 38.4 Å². The van der Waals surface area contributed by atoms with Gasteiger partial charge in [0.1, 0.15) is 5.82 Å². The lowest BCUT2D eigenvalue weighted by molar-refractivity contribution is 0.0953. The van der Waals surface area contributed by atoms with Crippen LogP contribution in [0.3, 0.4) is 0 Å². The summed E-state index contributed by atoms with van der Waals surface area (Å²) in [6, 6.07) is 19.7. The van der Waals surface area contributed by atoms with Crippen molar-refractivity contribution in [3.63, 3.8) is 0 Å². The lowest BCUT2D eigenvalue weighted by Gasteiger charge is -2.07. The highest BCUT2D eigenvalue weighted by atomic mass is 127. The van der Waals surface area contributed by atoms with Crippen LogP contribution in [-0.4, -0.2) is 18.0 Å². The molecule has 2 amide bonds. The summed E-state index contributed by atoms with van der Waals surface area (Å²) in [4.78, 5) is 24.5. The van der Waals surface area contributed by atoms with Crippen LogP contribution in [0.15, 0.2) is 77.9 Å². The fraction of sp³-hybridized carbons (Fsp3) is 0. The van der Waals surface area contributed by atoms with Crippen LogP contribution in [0.2, 0.25) is 0 Å². The summed E-state index contributed by atoms with van der Waals surface area (Å²) < 4.78 is 14.8. The van der Waals surface area contributed by atoms with Crippen molar-refractivity contribution in [1.29, 1.82) is 0 Å². The summed E-state index contributed by atoms with van der Waals surface area (Å²) in [5, 5.41) is 6.53. The van der Waals surface area contributed by atoms with E-state index < -0.39 is 17.6 Å². The average molecular weight is 487 g/mol. The predicted octanol–water partition coefficient (Wildman–Crippen LogP) is 4.45. The van der Waals surface area contributed by atoms with Crippen LogP contribution in [0, 0.1) is 9.39 Å². The van der Waals surface area contributed by atoms with E-state index in [4.69, 9.17) is 0 Å². The number of hydrogen-bond donors (Lipinski definition) is 2. The Labute approximate surface area is 174 Å². The van der Waals surface area contributed by atoms with Crippen molar-refractivity contribution < 1.29 is 14.0 Å². The third-order valence-electron chi connectivity index (χ3n) is 3.73. The van der Waals surface area contributed by atoms with E-state index in [0.29, 0.717) is 11.3 Å². The van der Waals surface area contributed by atoms with Gasteiger partial charge in [-0.05, 0) is 70.6 Å². The van der Waals surface area contributed by atoms with Crippen molar-refractivity contribution in [2.45, 2.75) is 0 Å². The molecule has 0 aliphatic carbocycles. The first-order valence-corrected chi connectivity index (χ1v) is 9.36. The van der Waals surface area contributed by atoms with Crippen molar-refractivity contribution in [2.24, 2.45) is 5.10 Å². The van der Waals surface area contributed by atoms with Gasteiger partial charge in [0.05, 0.1) is 11.8 Å². The van der Waals surface area contributed by atoms with Crippen LogP contribution in [0.4, 0.5) is 10.1 Å². The molecule has 0 spiro atoms. The van der Waals surface area contributed by atoms with Crippen LogP contribution < -0.4 is 10.7 Å². The Kier molecular flexibility index (Phi) is 6.49. The van der Waals surface area contributed by atoms with Gasteiger partial charge in [0.2, 0.25) is 0 Å². The first-order chi connectivity index (χ1) is 13.5. The molecule has 140 valence electrons. The summed E-state index contributed by atoms with van der Waals surface area (Å²) >= 11 is 2.19. The Balaban J connectivity index is 1.66. The molecule has 2 N–H and O–H groups in total. The molecular formula is C21H15FIN3O2. The minimum atomic E-state index is -0.612. The molecule has 0 aliphatic rings. The highest BCUT2D eigenvalue weighted by Gasteiger charge is 2.12. The maximum absolute atomic E-state index is 13.7. The van der Waals surface area contributed by atoms with Crippen LogP contribution in [0.25, 0.3) is 0 Å². The zero-order valence-corrected chi connectivity index (χ0v) is 16.7. The Hall–Kier alpha value is -3.07. The highest BCUT2D eigenvalue weighted by molar-refractivity contribution is 14.1. The van der Waals surface area contributed by atoms with Crippen LogP contribution in [0.1, 0.15) is 26.3 Å².